The van der Waals surface area contributed by atoms with Crippen LogP contribution in [0.2, 0.25) is 0 Å². The molecule has 0 aliphatic rings. The Morgan fingerprint density at radius 1 is 0.492 bits per heavy atom. The Labute approximate surface area is 367 Å². The van der Waals surface area contributed by atoms with Crippen molar-refractivity contribution in [3.63, 3.8) is 0 Å². The molecule has 7 heteroatoms. The zero-order chi connectivity index (χ0) is 41.8. The number of nitrogens with zero attached hydrogens (tertiary/aromatic N) is 2. The second-order valence-corrected chi connectivity index (χ2v) is 14.5. The van der Waals surface area contributed by atoms with Gasteiger partial charge >= 0.3 is 21.7 Å². The van der Waals surface area contributed by atoms with E-state index in [2.05, 4.69) is 39.8 Å². The molecule has 0 bridgehead atoms. The normalized spacial score (nSPS) is 11.3. The van der Waals surface area contributed by atoms with Crippen molar-refractivity contribution in [2.75, 3.05) is 22.9 Å². The number of unbranched alkanes of at least 4 members (excludes halogenated alkanes) is 2. The van der Waals surface area contributed by atoms with Gasteiger partial charge in [-0.2, -0.15) is 36.4 Å². The van der Waals surface area contributed by atoms with Crippen LogP contribution in [0.5, 0.6) is 0 Å². The molecule has 0 saturated heterocycles. The van der Waals surface area contributed by atoms with Crippen LogP contribution in [-0.4, -0.2) is 13.1 Å². The molecular weight excluding hydrogens is 776 g/mol. The second-order valence-electron chi connectivity index (χ2n) is 14.5. The third kappa shape index (κ3) is 20.4. The molecule has 2 nitrogen and oxygen atoms in total. The van der Waals surface area contributed by atoms with Crippen molar-refractivity contribution in [3.8, 4) is 0 Å². The number of anilines is 2. The Bertz CT molecular complexity index is 1680. The van der Waals surface area contributed by atoms with Crippen LogP contribution >= 0.6 is 0 Å². The molecule has 0 fully saturated rings. The van der Waals surface area contributed by atoms with E-state index in [0.29, 0.717) is 36.3 Å². The van der Waals surface area contributed by atoms with Gasteiger partial charge in [0, 0.05) is 49.4 Å². The fraction of sp³-hybridized carbons (Fsp3) is 0.346. The van der Waals surface area contributed by atoms with Crippen LogP contribution < -0.4 is 9.80 Å². The monoisotopic (exact) mass is 838 g/mol. The van der Waals surface area contributed by atoms with Crippen LogP contribution in [-0.2, 0) is 34.8 Å². The summed E-state index contributed by atoms with van der Waals surface area (Å²) in [6.07, 6.45) is 9.04. The van der Waals surface area contributed by atoms with E-state index in [1.54, 1.807) is 0 Å². The van der Waals surface area contributed by atoms with E-state index in [1.807, 2.05) is 131 Å². The van der Waals surface area contributed by atoms with Gasteiger partial charge in [-0.3, -0.25) is 0 Å². The molecule has 0 saturated carbocycles. The molecule has 0 spiro atoms. The van der Waals surface area contributed by atoms with E-state index in [0.717, 1.165) is 62.7 Å². The van der Waals surface area contributed by atoms with Crippen LogP contribution in [0.25, 0.3) is 0 Å². The van der Waals surface area contributed by atoms with Gasteiger partial charge in [-0.15, -0.1) is 36.4 Å². The summed E-state index contributed by atoms with van der Waals surface area (Å²) in [5, 5.41) is 0. The summed E-state index contributed by atoms with van der Waals surface area (Å²) in [6, 6.07) is 49.9. The summed E-state index contributed by atoms with van der Waals surface area (Å²) in [7, 11) is 0. The van der Waals surface area contributed by atoms with Crippen LogP contribution in [0.4, 0.5) is 28.9 Å². The zero-order valence-electron chi connectivity index (χ0n) is 35.4. The first-order valence-electron chi connectivity index (χ1n) is 20.9. The average molecular weight is 839 g/mol. The van der Waals surface area contributed by atoms with Crippen LogP contribution in [0.1, 0.15) is 90.2 Å². The zero-order valence-corrected chi connectivity index (χ0v) is 37.0. The third-order valence-corrected chi connectivity index (χ3v) is 9.95. The van der Waals surface area contributed by atoms with E-state index < -0.39 is 23.3 Å². The van der Waals surface area contributed by atoms with Crippen LogP contribution in [0, 0.1) is 47.2 Å². The second kappa shape index (κ2) is 30.6. The summed E-state index contributed by atoms with van der Waals surface area (Å²) in [6.45, 7) is 11.5. The standard InChI is InChI=1S/2C21H26F2N.2C5H5.Ti/c2*1-3-5-9-17(4-2)15-24(16-18-10-7-6-8-11-18)21-13-12-19(22)14-20(21)23;2*1-2-4-5-3-1;/h2*6-8,10-13,17H,3-5,9,15-16H2,1-2H3;2*1-5H;/q4*-1;+4. The molecule has 0 heterocycles. The van der Waals surface area contributed by atoms with Crippen molar-refractivity contribution in [1.82, 2.24) is 0 Å². The summed E-state index contributed by atoms with van der Waals surface area (Å²) in [5.74, 6) is -1.55. The first-order chi connectivity index (χ1) is 28.3. The first kappa shape index (κ1) is 50.8. The molecule has 2 unspecified atom stereocenters. The quantitative estimate of drug-likeness (QED) is 0.0483. The fourth-order valence-electron chi connectivity index (χ4n) is 6.56. The van der Waals surface area contributed by atoms with Gasteiger partial charge in [0.1, 0.15) is 0 Å². The molecule has 59 heavy (non-hydrogen) atoms. The Morgan fingerprint density at radius 3 is 1.12 bits per heavy atom. The summed E-state index contributed by atoms with van der Waals surface area (Å²) < 4.78 is 55.0. The number of halogens is 4. The van der Waals surface area contributed by atoms with Gasteiger partial charge in [-0.1, -0.05) is 127 Å². The molecule has 0 aliphatic heterocycles. The molecule has 6 aromatic rings. The average Bonchev–Trinajstić information content (AvgIpc) is 4.03. The SMILES string of the molecule is CCCCC(CC)CN(Cc1ccccc1)c1ccc(F)[c-]c1F.CCCCC(CC)CN(Cc1ccccc1)c1ccc(F)[c-]c1F.[Ti+4].c1cc[cH-]c1.c1cc[cH-]c1. The summed E-state index contributed by atoms with van der Waals surface area (Å²) >= 11 is 0. The third-order valence-electron chi connectivity index (χ3n) is 9.95. The Morgan fingerprint density at radius 2 is 0.847 bits per heavy atom. The predicted molar refractivity (Wildman–Crippen MR) is 236 cm³/mol. The maximum absolute atomic E-state index is 14.3. The minimum Gasteiger partial charge on any atom is -0.417 e. The number of hydrogen-bond acceptors (Lipinski definition) is 2. The molecule has 0 aliphatic carbocycles. The van der Waals surface area contributed by atoms with Crippen molar-refractivity contribution < 1.29 is 39.3 Å². The summed E-state index contributed by atoms with van der Waals surface area (Å²) in [5.41, 5.74) is 3.09. The van der Waals surface area contributed by atoms with Gasteiger partial charge in [0.25, 0.3) is 0 Å². The molecule has 6 aromatic carbocycles. The Hall–Kier alpha value is -4.39. The van der Waals surface area contributed by atoms with Crippen molar-refractivity contribution in [2.45, 2.75) is 92.2 Å². The van der Waals surface area contributed by atoms with Crippen molar-refractivity contribution in [3.05, 3.63) is 192 Å². The maximum Gasteiger partial charge on any atom is 4.00 e. The first-order valence-corrected chi connectivity index (χ1v) is 20.9. The molecule has 0 N–H and O–H groups in total. The molecule has 0 amide bonds. The predicted octanol–water partition coefficient (Wildman–Crippen LogP) is 14.8. The van der Waals surface area contributed by atoms with Gasteiger partial charge in [-0.25, -0.2) is 41.8 Å². The van der Waals surface area contributed by atoms with Crippen LogP contribution in [0.15, 0.2) is 146 Å². The molecule has 312 valence electrons. The van der Waals surface area contributed by atoms with E-state index in [1.165, 1.54) is 37.1 Å². The fourth-order valence-corrected chi connectivity index (χ4v) is 6.56. The van der Waals surface area contributed by atoms with Crippen molar-refractivity contribution in [1.29, 1.82) is 0 Å². The van der Waals surface area contributed by atoms with Crippen molar-refractivity contribution in [2.24, 2.45) is 11.8 Å². The molecule has 0 radical (unpaired) electrons. The number of hydrogen-bond donors (Lipinski definition) is 0. The smallest absolute Gasteiger partial charge is 0.417 e. The topological polar surface area (TPSA) is 6.48 Å². The van der Waals surface area contributed by atoms with Gasteiger partial charge in [0.2, 0.25) is 0 Å². The van der Waals surface area contributed by atoms with Gasteiger partial charge in [-0.05, 0) is 47.2 Å². The van der Waals surface area contributed by atoms with Gasteiger partial charge in [0.15, 0.2) is 0 Å². The Balaban J connectivity index is 0.000000323. The van der Waals surface area contributed by atoms with Crippen molar-refractivity contribution >= 4 is 11.4 Å². The Kier molecular flexibility index (Phi) is 26.3. The molecule has 0 aromatic heterocycles. The summed E-state index contributed by atoms with van der Waals surface area (Å²) in [4.78, 5) is 4.04. The molecular formula is C52H62F4N2Ti. The van der Waals surface area contributed by atoms with Gasteiger partial charge in [0.05, 0.1) is 0 Å². The van der Waals surface area contributed by atoms with E-state index in [4.69, 9.17) is 0 Å². The molecule has 6 rings (SSSR count). The molecule has 2 atom stereocenters. The maximum atomic E-state index is 14.3. The minimum absolute atomic E-state index is 0. The van der Waals surface area contributed by atoms with E-state index >= 15 is 0 Å². The minimum atomic E-state index is -0.658. The van der Waals surface area contributed by atoms with Crippen LogP contribution in [0.3, 0.4) is 0 Å². The van der Waals surface area contributed by atoms with E-state index in [9.17, 15) is 17.6 Å². The largest absolute Gasteiger partial charge is 4.00 e. The van der Waals surface area contributed by atoms with Gasteiger partial charge < -0.3 is 9.80 Å². The van der Waals surface area contributed by atoms with E-state index in [-0.39, 0.29) is 21.7 Å². The number of benzene rings is 4. The number of rotatable bonds is 18.